The number of hydrogen-bond donors (Lipinski definition) is 2. The topological polar surface area (TPSA) is 119 Å². The molecule has 9 heteroatoms. The fourth-order valence-electron chi connectivity index (χ4n) is 3.10. The van der Waals surface area contributed by atoms with Gasteiger partial charge in [0.2, 0.25) is 11.8 Å². The smallest absolute Gasteiger partial charge is 0.249 e. The van der Waals surface area contributed by atoms with Gasteiger partial charge in [0.15, 0.2) is 0 Å². The number of nitriles is 2. The number of fused-ring (bicyclic) bond motifs is 1. The van der Waals surface area contributed by atoms with Crippen molar-refractivity contribution >= 4 is 11.8 Å². The number of nitrogens with one attached hydrogen (secondary N) is 2. The van der Waals surface area contributed by atoms with Gasteiger partial charge in [-0.05, 0) is 25.1 Å². The van der Waals surface area contributed by atoms with E-state index in [-0.39, 0.29) is 28.3 Å². The number of hydrogen-bond acceptors (Lipinski definition) is 5. The Morgan fingerprint density at radius 1 is 1.38 bits per heavy atom. The largest absolute Gasteiger partial charge is 0.348 e. The van der Waals surface area contributed by atoms with Crippen molar-refractivity contribution in [3.63, 3.8) is 0 Å². The van der Waals surface area contributed by atoms with Crippen LogP contribution in [0.25, 0.3) is 0 Å². The van der Waals surface area contributed by atoms with Crippen molar-refractivity contribution in [2.45, 2.75) is 25.4 Å². The fourth-order valence-corrected chi connectivity index (χ4v) is 3.10. The zero-order chi connectivity index (χ0) is 21.1. The second kappa shape index (κ2) is 8.03. The van der Waals surface area contributed by atoms with Gasteiger partial charge in [-0.2, -0.15) is 10.5 Å². The van der Waals surface area contributed by atoms with E-state index in [1.165, 1.54) is 25.3 Å². The van der Waals surface area contributed by atoms with Crippen LogP contribution in [0.4, 0.5) is 8.78 Å². The van der Waals surface area contributed by atoms with Gasteiger partial charge in [0.05, 0.1) is 47.3 Å². The third-order valence-electron chi connectivity index (χ3n) is 4.46. The van der Waals surface area contributed by atoms with Crippen LogP contribution in [0.3, 0.4) is 0 Å². The lowest BCUT2D eigenvalue weighted by Gasteiger charge is -2.30. The maximum Gasteiger partial charge on any atom is 0.249 e. The lowest BCUT2D eigenvalue weighted by atomic mass is 9.81. The molecule has 1 unspecified atom stereocenters. The standard InChI is InChI=1S/C20H14F2N5O2/c1-10(19-16(22)4-11(7-23)9-25-19)26-18(28)6-14-15(8-24)13-5-12(21)2-3-17(13)27-20(14)29/h2-5,9-10,17H,6H2,1H3,(H,26,28)(H,27,29)/t10-,17?/m1/s1. The molecule has 2 atom stereocenters. The van der Waals surface area contributed by atoms with E-state index in [2.05, 4.69) is 15.6 Å². The number of halogens is 2. The molecule has 2 N–H and O–H groups in total. The van der Waals surface area contributed by atoms with Gasteiger partial charge in [-0.3, -0.25) is 14.6 Å². The number of aromatic nitrogens is 1. The highest BCUT2D eigenvalue weighted by Crippen LogP contribution is 2.33. The molecule has 2 amide bonds. The van der Waals surface area contributed by atoms with Crippen LogP contribution in [-0.2, 0) is 9.59 Å². The highest BCUT2D eigenvalue weighted by Gasteiger charge is 2.36. The molecular weight excluding hydrogens is 380 g/mol. The molecule has 145 valence electrons. The average Bonchev–Trinajstić information content (AvgIpc) is 2.68. The first kappa shape index (κ1) is 19.9. The van der Waals surface area contributed by atoms with E-state index in [0.717, 1.165) is 12.1 Å². The Labute approximate surface area is 165 Å². The number of rotatable bonds is 4. The van der Waals surface area contributed by atoms with Crippen LogP contribution in [-0.4, -0.2) is 22.8 Å². The van der Waals surface area contributed by atoms with Gasteiger partial charge in [-0.25, -0.2) is 8.78 Å². The van der Waals surface area contributed by atoms with E-state index in [1.54, 1.807) is 6.07 Å². The first-order valence-electron chi connectivity index (χ1n) is 8.55. The number of nitrogens with zero attached hydrogens (tertiary/aromatic N) is 3. The number of allylic oxidation sites excluding steroid dienone is 2. The molecule has 0 bridgehead atoms. The quantitative estimate of drug-likeness (QED) is 0.809. The third kappa shape index (κ3) is 4.04. The molecule has 0 spiro atoms. The van der Waals surface area contributed by atoms with E-state index < -0.39 is 42.0 Å². The van der Waals surface area contributed by atoms with E-state index in [9.17, 15) is 23.6 Å². The van der Waals surface area contributed by atoms with Crippen molar-refractivity contribution < 1.29 is 18.4 Å². The molecule has 2 heterocycles. The molecular formula is C20H14F2N5O2. The van der Waals surface area contributed by atoms with Gasteiger partial charge in [0, 0.05) is 11.8 Å². The first-order valence-corrected chi connectivity index (χ1v) is 8.55. The summed E-state index contributed by atoms with van der Waals surface area (Å²) in [5, 5.41) is 23.3. The Morgan fingerprint density at radius 2 is 2.14 bits per heavy atom. The Kier molecular flexibility index (Phi) is 5.51. The number of carbonyl (C=O) groups is 2. The minimum atomic E-state index is -0.844. The lowest BCUT2D eigenvalue weighted by molar-refractivity contribution is -0.124. The summed E-state index contributed by atoms with van der Waals surface area (Å²) in [6.45, 7) is 1.49. The Balaban J connectivity index is 1.79. The molecule has 0 fully saturated rings. The predicted octanol–water partition coefficient (Wildman–Crippen LogP) is 1.98. The second-order valence-electron chi connectivity index (χ2n) is 6.43. The minimum Gasteiger partial charge on any atom is -0.348 e. The fraction of sp³-hybridized carbons (Fsp3) is 0.200. The molecule has 1 aliphatic carbocycles. The molecule has 0 aromatic carbocycles. The van der Waals surface area contributed by atoms with Crippen LogP contribution >= 0.6 is 0 Å². The van der Waals surface area contributed by atoms with Gasteiger partial charge in [0.25, 0.3) is 0 Å². The summed E-state index contributed by atoms with van der Waals surface area (Å²) in [6, 6.07) is 3.15. The molecule has 1 radical (unpaired) electrons. The molecule has 1 aromatic heterocycles. The normalized spacial score (nSPS) is 19.4. The molecule has 7 nitrogen and oxygen atoms in total. The summed E-state index contributed by atoms with van der Waals surface area (Å²) in [4.78, 5) is 28.6. The van der Waals surface area contributed by atoms with Crippen LogP contribution in [0.15, 0.2) is 47.5 Å². The van der Waals surface area contributed by atoms with Gasteiger partial charge >= 0.3 is 0 Å². The Hall–Kier alpha value is -3.85. The summed E-state index contributed by atoms with van der Waals surface area (Å²) in [6.07, 6.45) is 4.46. The number of carbonyl (C=O) groups excluding carboxylic acids is 2. The summed E-state index contributed by atoms with van der Waals surface area (Å²) in [5.74, 6) is -2.31. The summed E-state index contributed by atoms with van der Waals surface area (Å²) < 4.78 is 27.6. The zero-order valence-corrected chi connectivity index (χ0v) is 15.2. The monoisotopic (exact) mass is 394 g/mol. The maximum absolute atomic E-state index is 14.1. The van der Waals surface area contributed by atoms with Crippen LogP contribution in [0.5, 0.6) is 0 Å². The highest BCUT2D eigenvalue weighted by atomic mass is 19.1. The highest BCUT2D eigenvalue weighted by molar-refractivity contribution is 6.02. The minimum absolute atomic E-state index is 0.0425. The number of pyridine rings is 1. The van der Waals surface area contributed by atoms with Crippen molar-refractivity contribution in [3.05, 3.63) is 70.5 Å². The molecule has 2 aliphatic rings. The molecule has 0 saturated carbocycles. The third-order valence-corrected chi connectivity index (χ3v) is 4.46. The van der Waals surface area contributed by atoms with Crippen LogP contribution < -0.4 is 10.6 Å². The van der Waals surface area contributed by atoms with Crippen LogP contribution in [0.2, 0.25) is 0 Å². The molecule has 3 rings (SSSR count). The molecule has 1 aromatic rings. The predicted molar refractivity (Wildman–Crippen MR) is 96.2 cm³/mol. The molecule has 29 heavy (non-hydrogen) atoms. The van der Waals surface area contributed by atoms with E-state index in [1.807, 2.05) is 6.07 Å². The van der Waals surface area contributed by atoms with Crippen molar-refractivity contribution in [2.24, 2.45) is 0 Å². The van der Waals surface area contributed by atoms with Crippen molar-refractivity contribution in [3.8, 4) is 12.1 Å². The van der Waals surface area contributed by atoms with Gasteiger partial charge in [-0.1, -0.05) is 6.08 Å². The van der Waals surface area contributed by atoms with Crippen LogP contribution in [0, 0.1) is 34.4 Å². The van der Waals surface area contributed by atoms with Crippen LogP contribution in [0.1, 0.15) is 30.6 Å². The average molecular weight is 394 g/mol. The van der Waals surface area contributed by atoms with E-state index >= 15 is 0 Å². The summed E-state index contributed by atoms with van der Waals surface area (Å²) >= 11 is 0. The number of amides is 2. The summed E-state index contributed by atoms with van der Waals surface area (Å²) in [5.41, 5.74) is -0.197. The van der Waals surface area contributed by atoms with E-state index in [0.29, 0.717) is 0 Å². The van der Waals surface area contributed by atoms with Crippen molar-refractivity contribution in [1.29, 1.82) is 10.5 Å². The van der Waals surface area contributed by atoms with Gasteiger partial charge in [-0.15, -0.1) is 0 Å². The van der Waals surface area contributed by atoms with Gasteiger partial charge < -0.3 is 10.6 Å². The first-order chi connectivity index (χ1) is 13.8. The molecule has 1 aliphatic heterocycles. The second-order valence-corrected chi connectivity index (χ2v) is 6.43. The SMILES string of the molecule is C[C@@H](NC(=O)CC1=C(C#N)[C]2C=C(F)C=CC2NC1=O)c1ncc(C#N)cc1F. The van der Waals surface area contributed by atoms with Gasteiger partial charge in [0.1, 0.15) is 17.7 Å². The maximum atomic E-state index is 14.1. The van der Waals surface area contributed by atoms with Crippen molar-refractivity contribution in [1.82, 2.24) is 15.6 Å². The zero-order valence-electron chi connectivity index (χ0n) is 15.2. The summed E-state index contributed by atoms with van der Waals surface area (Å²) in [7, 11) is 0. The Bertz CT molecular complexity index is 1060. The van der Waals surface area contributed by atoms with Crippen molar-refractivity contribution in [2.75, 3.05) is 0 Å². The lowest BCUT2D eigenvalue weighted by Crippen LogP contribution is -2.45. The van der Waals surface area contributed by atoms with E-state index in [4.69, 9.17) is 5.26 Å². The molecule has 0 saturated heterocycles. The Morgan fingerprint density at radius 3 is 2.79 bits per heavy atom.